The highest BCUT2D eigenvalue weighted by atomic mass is 32.2. The third-order valence-electron chi connectivity index (χ3n) is 11.8. The fourth-order valence-electron chi connectivity index (χ4n) is 9.72. The van der Waals surface area contributed by atoms with Crippen LogP contribution in [0.2, 0.25) is 0 Å². The van der Waals surface area contributed by atoms with Crippen molar-refractivity contribution in [2.75, 3.05) is 12.3 Å². The van der Waals surface area contributed by atoms with Gasteiger partial charge in [-0.1, -0.05) is 43.7 Å². The molecule has 0 aromatic heterocycles. The van der Waals surface area contributed by atoms with Gasteiger partial charge >= 0.3 is 0 Å². The van der Waals surface area contributed by atoms with Gasteiger partial charge in [0.25, 0.3) is 0 Å². The SMILES string of the molecule is Cc1ccc(CSc2cccc(N)c2)c(F)c1[C@@H]1O[C@@H]2C[C@H]3[C@@H]4CCC5=CC(=O)C=C[C@]5(C)[C@H]4[C@@H](O)C[C@]3(C)[C@]2(C(=O)CO)O1. The minimum absolute atomic E-state index is 0.0262. The molecular formula is C36H40FNO6S. The molecule has 1 aliphatic heterocycles. The quantitative estimate of drug-likeness (QED) is 0.278. The van der Waals surface area contributed by atoms with Crippen LogP contribution in [-0.4, -0.2) is 46.2 Å². The normalized spacial score (nSPS) is 38.3. The molecule has 0 unspecified atom stereocenters. The maximum Gasteiger partial charge on any atom is 0.193 e. The molecule has 5 aliphatic rings. The van der Waals surface area contributed by atoms with E-state index in [-0.39, 0.29) is 35.5 Å². The van der Waals surface area contributed by atoms with E-state index < -0.39 is 53.1 Å². The van der Waals surface area contributed by atoms with Gasteiger partial charge in [-0.2, -0.15) is 0 Å². The zero-order chi connectivity index (χ0) is 31.9. The van der Waals surface area contributed by atoms with Crippen molar-refractivity contribution in [3.8, 4) is 0 Å². The number of aliphatic hydroxyl groups is 2. The van der Waals surface area contributed by atoms with Gasteiger partial charge in [0.1, 0.15) is 12.4 Å². The molecule has 0 amide bonds. The van der Waals surface area contributed by atoms with Crippen LogP contribution in [0.15, 0.2) is 65.1 Å². The number of rotatable bonds is 6. The first-order valence-corrected chi connectivity index (χ1v) is 16.8. The van der Waals surface area contributed by atoms with Gasteiger partial charge in [0, 0.05) is 38.6 Å². The first kappa shape index (κ1) is 30.8. The van der Waals surface area contributed by atoms with Gasteiger partial charge in [0.15, 0.2) is 23.5 Å². The molecule has 7 nitrogen and oxygen atoms in total. The highest BCUT2D eigenvalue weighted by Crippen LogP contribution is 2.70. The molecule has 1 saturated heterocycles. The number of aryl methyl sites for hydroxylation is 1. The van der Waals surface area contributed by atoms with Crippen molar-refractivity contribution in [2.45, 2.75) is 81.2 Å². The number of thioether (sulfide) groups is 1. The van der Waals surface area contributed by atoms with Crippen molar-refractivity contribution in [2.24, 2.45) is 28.6 Å². The lowest BCUT2D eigenvalue weighted by Gasteiger charge is -2.59. The molecule has 4 N–H and O–H groups in total. The number of ether oxygens (including phenoxy) is 2. The van der Waals surface area contributed by atoms with E-state index in [0.717, 1.165) is 23.3 Å². The number of fused-ring (bicyclic) bond motifs is 7. The predicted octanol–water partition coefficient (Wildman–Crippen LogP) is 5.61. The number of halogens is 1. The average Bonchev–Trinajstić information content (AvgIpc) is 3.49. The number of carbonyl (C=O) groups is 2. The van der Waals surface area contributed by atoms with Crippen molar-refractivity contribution in [1.82, 2.24) is 0 Å². The molecule has 2 aromatic carbocycles. The standard InChI is InChI=1S/C36H40FNO6S/c1-19-7-8-20(18-45-24-6-4-5-22(38)14-24)32(37)30(19)33-43-29-15-26-25-10-9-21-13-23(40)11-12-34(21,2)31(25)27(41)16-35(26,3)36(29,44-33)28(42)17-39/h4-8,11-14,25-27,29,31,33,39,41H,9-10,15-18,38H2,1-3H3/t25-,26-,27-,29+,31+,33+,34-,35-,36+/m0/s1. The van der Waals surface area contributed by atoms with Gasteiger partial charge < -0.3 is 25.4 Å². The second kappa shape index (κ2) is 10.9. The summed E-state index contributed by atoms with van der Waals surface area (Å²) in [6.45, 7) is 5.13. The summed E-state index contributed by atoms with van der Waals surface area (Å²) in [6, 6.07) is 11.0. The number of aliphatic hydroxyl groups excluding tert-OH is 2. The number of Topliss-reactive ketones (excluding diaryl/α,β-unsaturated/α-hetero) is 1. The van der Waals surface area contributed by atoms with Crippen LogP contribution in [0.4, 0.5) is 10.1 Å². The number of hydrogen-bond acceptors (Lipinski definition) is 8. The summed E-state index contributed by atoms with van der Waals surface area (Å²) in [4.78, 5) is 27.0. The summed E-state index contributed by atoms with van der Waals surface area (Å²) in [5.74, 6) is -0.724. The molecule has 1 heterocycles. The summed E-state index contributed by atoms with van der Waals surface area (Å²) in [5, 5.41) is 22.2. The highest BCUT2D eigenvalue weighted by Gasteiger charge is 2.76. The number of anilines is 1. The zero-order valence-electron chi connectivity index (χ0n) is 25.8. The van der Waals surface area contributed by atoms with Crippen LogP contribution >= 0.6 is 11.8 Å². The van der Waals surface area contributed by atoms with Gasteiger partial charge in [-0.25, -0.2) is 4.39 Å². The lowest BCUT2D eigenvalue weighted by molar-refractivity contribution is -0.201. The Hall–Kier alpha value is -2.82. The monoisotopic (exact) mass is 633 g/mol. The Morgan fingerprint density at radius 1 is 1.22 bits per heavy atom. The van der Waals surface area contributed by atoms with Crippen molar-refractivity contribution >= 4 is 29.0 Å². The van der Waals surface area contributed by atoms with Crippen molar-refractivity contribution in [3.63, 3.8) is 0 Å². The number of ketones is 2. The Bertz CT molecular complexity index is 1640. The topological polar surface area (TPSA) is 119 Å². The van der Waals surface area contributed by atoms with Gasteiger partial charge in [0.2, 0.25) is 0 Å². The van der Waals surface area contributed by atoms with Crippen LogP contribution in [0.25, 0.3) is 0 Å². The molecule has 9 atom stereocenters. The summed E-state index contributed by atoms with van der Waals surface area (Å²) >= 11 is 1.47. The highest BCUT2D eigenvalue weighted by molar-refractivity contribution is 7.98. The second-order valence-corrected chi connectivity index (χ2v) is 15.0. The van der Waals surface area contributed by atoms with Crippen molar-refractivity contribution in [3.05, 3.63) is 82.7 Å². The summed E-state index contributed by atoms with van der Waals surface area (Å²) < 4.78 is 29.5. The Kier molecular flexibility index (Phi) is 7.45. The fraction of sp³-hybridized carbons (Fsp3) is 0.500. The number of carbonyl (C=O) groups excluding carboxylic acids is 2. The van der Waals surface area contributed by atoms with Crippen LogP contribution in [0.3, 0.4) is 0 Å². The smallest absolute Gasteiger partial charge is 0.193 e. The fourth-order valence-corrected chi connectivity index (χ4v) is 10.7. The largest absolute Gasteiger partial charge is 0.399 e. The first-order valence-electron chi connectivity index (χ1n) is 15.8. The molecule has 0 spiro atoms. The van der Waals surface area contributed by atoms with E-state index in [1.165, 1.54) is 11.8 Å². The van der Waals surface area contributed by atoms with Gasteiger partial charge in [0.05, 0.1) is 12.2 Å². The van der Waals surface area contributed by atoms with E-state index in [1.807, 2.05) is 37.3 Å². The molecule has 238 valence electrons. The van der Waals surface area contributed by atoms with E-state index in [9.17, 15) is 19.8 Å². The molecule has 45 heavy (non-hydrogen) atoms. The van der Waals surface area contributed by atoms with Gasteiger partial charge in [-0.05, 0) is 85.9 Å². The molecular weight excluding hydrogens is 593 g/mol. The number of hydrogen-bond donors (Lipinski definition) is 3. The number of nitrogens with two attached hydrogens (primary N) is 1. The second-order valence-electron chi connectivity index (χ2n) is 14.0. The molecule has 7 rings (SSSR count). The lowest BCUT2D eigenvalue weighted by atomic mass is 9.46. The zero-order valence-corrected chi connectivity index (χ0v) is 26.6. The maximum absolute atomic E-state index is 16.3. The average molecular weight is 634 g/mol. The van der Waals surface area contributed by atoms with Crippen molar-refractivity contribution in [1.29, 1.82) is 0 Å². The number of benzene rings is 2. The van der Waals surface area contributed by atoms with Crippen molar-refractivity contribution < 1.29 is 33.7 Å². The first-order chi connectivity index (χ1) is 21.4. The molecule has 0 radical (unpaired) electrons. The van der Waals surface area contributed by atoms with E-state index in [2.05, 4.69) is 6.92 Å². The van der Waals surface area contributed by atoms with Gasteiger partial charge in [-0.3, -0.25) is 9.59 Å². The predicted molar refractivity (Wildman–Crippen MR) is 168 cm³/mol. The minimum atomic E-state index is -1.54. The van der Waals surface area contributed by atoms with E-state index in [4.69, 9.17) is 15.2 Å². The van der Waals surface area contributed by atoms with Crippen LogP contribution < -0.4 is 5.73 Å². The number of nitrogen functional groups attached to an aromatic ring is 1. The molecule has 2 aromatic rings. The number of allylic oxidation sites excluding steroid dienone is 4. The Morgan fingerprint density at radius 3 is 2.78 bits per heavy atom. The molecule has 0 bridgehead atoms. The Morgan fingerprint density at radius 2 is 2.02 bits per heavy atom. The van der Waals surface area contributed by atoms with E-state index in [0.29, 0.717) is 29.0 Å². The third kappa shape index (κ3) is 4.45. The summed E-state index contributed by atoms with van der Waals surface area (Å²) in [6.07, 6.45) is 4.90. The van der Waals surface area contributed by atoms with Gasteiger partial charge in [-0.15, -0.1) is 11.8 Å². The minimum Gasteiger partial charge on any atom is -0.399 e. The molecule has 3 saturated carbocycles. The lowest BCUT2D eigenvalue weighted by Crippen LogP contribution is -2.63. The van der Waals surface area contributed by atoms with Crippen LogP contribution in [-0.2, 0) is 24.8 Å². The maximum atomic E-state index is 16.3. The van der Waals surface area contributed by atoms with E-state index in [1.54, 1.807) is 31.2 Å². The molecule has 9 heteroatoms. The third-order valence-corrected chi connectivity index (χ3v) is 12.8. The Labute approximate surface area is 267 Å². The molecule has 4 aliphatic carbocycles. The van der Waals surface area contributed by atoms with Crippen LogP contribution in [0.5, 0.6) is 0 Å². The molecule has 4 fully saturated rings. The summed E-state index contributed by atoms with van der Waals surface area (Å²) in [7, 11) is 0. The van der Waals surface area contributed by atoms with Crippen LogP contribution in [0, 0.1) is 41.3 Å². The summed E-state index contributed by atoms with van der Waals surface area (Å²) in [5.41, 5.74) is 6.13. The Balaban J connectivity index is 1.21. The van der Waals surface area contributed by atoms with E-state index >= 15 is 4.39 Å². The van der Waals surface area contributed by atoms with Crippen LogP contribution in [0.1, 0.15) is 62.5 Å².